The lowest BCUT2D eigenvalue weighted by atomic mass is 9.84. The van der Waals surface area contributed by atoms with Crippen LogP contribution in [0, 0.1) is 5.41 Å². The average Bonchev–Trinajstić information content (AvgIpc) is 2.17. The molecule has 0 aromatic rings. The van der Waals surface area contributed by atoms with Crippen LogP contribution >= 0.6 is 11.8 Å². The van der Waals surface area contributed by atoms with Gasteiger partial charge in [0.2, 0.25) is 11.8 Å². The average molecular weight is 230 g/mol. The molecule has 1 fully saturated rings. The summed E-state index contributed by atoms with van der Waals surface area (Å²) in [6.45, 7) is 3.73. The van der Waals surface area contributed by atoms with Crippen LogP contribution < -0.4 is 10.6 Å². The molecule has 15 heavy (non-hydrogen) atoms. The van der Waals surface area contributed by atoms with Gasteiger partial charge in [-0.25, -0.2) is 4.79 Å². The van der Waals surface area contributed by atoms with E-state index < -0.39 is 23.3 Å². The van der Waals surface area contributed by atoms with Crippen molar-refractivity contribution >= 4 is 29.6 Å². The van der Waals surface area contributed by atoms with Crippen molar-refractivity contribution < 1.29 is 14.4 Å². The summed E-state index contributed by atoms with van der Waals surface area (Å²) >= 11 is 1.51. The molecule has 84 valence electrons. The largest absolute Gasteiger partial charge is 0.328 e. The van der Waals surface area contributed by atoms with Gasteiger partial charge >= 0.3 is 6.03 Å². The van der Waals surface area contributed by atoms with Gasteiger partial charge in [0.15, 0.2) is 0 Å². The SMILES string of the molecule is CCSCC1(CC)C(=O)NC(=O)NC1=O. The van der Waals surface area contributed by atoms with Gasteiger partial charge in [-0.2, -0.15) is 11.8 Å². The highest BCUT2D eigenvalue weighted by atomic mass is 32.2. The van der Waals surface area contributed by atoms with Crippen LogP contribution in [0.1, 0.15) is 20.3 Å². The molecule has 0 atom stereocenters. The summed E-state index contributed by atoms with van der Waals surface area (Å²) in [5.74, 6) is 0.265. The molecule has 0 aromatic carbocycles. The van der Waals surface area contributed by atoms with Crippen LogP contribution in [0.3, 0.4) is 0 Å². The first-order chi connectivity index (χ1) is 7.06. The lowest BCUT2D eigenvalue weighted by Gasteiger charge is -2.32. The number of barbiturate groups is 1. The zero-order valence-corrected chi connectivity index (χ0v) is 9.57. The molecule has 0 aliphatic carbocycles. The van der Waals surface area contributed by atoms with E-state index in [2.05, 4.69) is 10.6 Å². The number of thioether (sulfide) groups is 1. The zero-order chi connectivity index (χ0) is 11.5. The summed E-state index contributed by atoms with van der Waals surface area (Å²) in [6.07, 6.45) is 0.394. The Morgan fingerprint density at radius 1 is 1.13 bits per heavy atom. The quantitative estimate of drug-likeness (QED) is 0.690. The number of hydrogen-bond acceptors (Lipinski definition) is 4. The molecule has 0 aromatic heterocycles. The topological polar surface area (TPSA) is 75.3 Å². The molecule has 1 aliphatic rings. The van der Waals surface area contributed by atoms with E-state index in [1.165, 1.54) is 11.8 Å². The van der Waals surface area contributed by atoms with E-state index in [1.54, 1.807) is 6.92 Å². The normalized spacial score (nSPS) is 19.7. The predicted molar refractivity (Wildman–Crippen MR) is 57.4 cm³/mol. The minimum absolute atomic E-state index is 0.394. The molecule has 0 saturated carbocycles. The molecule has 0 bridgehead atoms. The first-order valence-corrected chi connectivity index (χ1v) is 5.97. The Morgan fingerprint density at radius 3 is 2.07 bits per heavy atom. The number of urea groups is 1. The molecule has 1 rings (SSSR count). The second-order valence-electron chi connectivity index (χ2n) is 3.31. The maximum atomic E-state index is 11.7. The second-order valence-corrected chi connectivity index (χ2v) is 4.58. The zero-order valence-electron chi connectivity index (χ0n) is 8.75. The van der Waals surface area contributed by atoms with E-state index >= 15 is 0 Å². The lowest BCUT2D eigenvalue weighted by Crippen LogP contribution is -2.63. The van der Waals surface area contributed by atoms with Crippen molar-refractivity contribution in [2.45, 2.75) is 20.3 Å². The number of amides is 4. The van der Waals surface area contributed by atoms with Crippen LogP contribution in [0.2, 0.25) is 0 Å². The van der Waals surface area contributed by atoms with E-state index in [9.17, 15) is 14.4 Å². The summed E-state index contributed by atoms with van der Waals surface area (Å²) < 4.78 is 0. The number of imide groups is 2. The molecular weight excluding hydrogens is 216 g/mol. The number of nitrogens with one attached hydrogen (secondary N) is 2. The maximum absolute atomic E-state index is 11.7. The number of hydrogen-bond donors (Lipinski definition) is 2. The van der Waals surface area contributed by atoms with E-state index in [4.69, 9.17) is 0 Å². The molecule has 1 saturated heterocycles. The molecule has 0 unspecified atom stereocenters. The molecule has 5 nitrogen and oxygen atoms in total. The highest BCUT2D eigenvalue weighted by Crippen LogP contribution is 2.29. The first-order valence-electron chi connectivity index (χ1n) is 4.81. The Bertz CT molecular complexity index is 284. The van der Waals surface area contributed by atoms with Gasteiger partial charge in [-0.15, -0.1) is 0 Å². The summed E-state index contributed by atoms with van der Waals surface area (Å²) in [4.78, 5) is 34.2. The Kier molecular flexibility index (Phi) is 3.73. The third-order valence-electron chi connectivity index (χ3n) is 2.48. The van der Waals surface area contributed by atoms with Crippen LogP contribution in [0.25, 0.3) is 0 Å². The third kappa shape index (κ3) is 2.14. The Morgan fingerprint density at radius 2 is 1.67 bits per heavy atom. The highest BCUT2D eigenvalue weighted by Gasteiger charge is 2.48. The van der Waals surface area contributed by atoms with E-state index in [0.29, 0.717) is 12.2 Å². The van der Waals surface area contributed by atoms with Crippen LogP contribution in [-0.4, -0.2) is 29.4 Å². The maximum Gasteiger partial charge on any atom is 0.328 e. The molecular formula is C9H14N2O3S. The second kappa shape index (κ2) is 4.65. The predicted octanol–water partition coefficient (Wildman–Crippen LogP) is 0.502. The summed E-state index contributed by atoms with van der Waals surface area (Å²) in [7, 11) is 0. The lowest BCUT2D eigenvalue weighted by molar-refractivity contribution is -0.142. The Balaban J connectivity index is 2.89. The van der Waals surface area contributed by atoms with Gasteiger partial charge < -0.3 is 0 Å². The molecule has 4 amide bonds. The van der Waals surface area contributed by atoms with Crippen LogP contribution in [0.5, 0.6) is 0 Å². The van der Waals surface area contributed by atoms with Gasteiger partial charge in [-0.3, -0.25) is 20.2 Å². The molecule has 0 spiro atoms. The van der Waals surface area contributed by atoms with Crippen LogP contribution in [0.4, 0.5) is 4.79 Å². The highest BCUT2D eigenvalue weighted by molar-refractivity contribution is 7.99. The van der Waals surface area contributed by atoms with Gasteiger partial charge in [0, 0.05) is 5.75 Å². The van der Waals surface area contributed by atoms with Gasteiger partial charge in [-0.05, 0) is 12.2 Å². The summed E-state index contributed by atoms with van der Waals surface area (Å²) in [5, 5.41) is 4.27. The van der Waals surface area contributed by atoms with Crippen molar-refractivity contribution in [2.24, 2.45) is 5.41 Å². The minimum Gasteiger partial charge on any atom is -0.277 e. The van der Waals surface area contributed by atoms with Crippen molar-refractivity contribution in [3.05, 3.63) is 0 Å². The monoisotopic (exact) mass is 230 g/mol. The van der Waals surface area contributed by atoms with Crippen molar-refractivity contribution in [3.63, 3.8) is 0 Å². The molecule has 2 N–H and O–H groups in total. The fraction of sp³-hybridized carbons (Fsp3) is 0.667. The molecule has 6 heteroatoms. The summed E-state index contributed by atoms with van der Waals surface area (Å²) in [6, 6.07) is -0.726. The van der Waals surface area contributed by atoms with Crippen LogP contribution in [-0.2, 0) is 9.59 Å². The Labute approximate surface area is 92.4 Å². The minimum atomic E-state index is -1.09. The van der Waals surface area contributed by atoms with E-state index in [0.717, 1.165) is 5.75 Å². The van der Waals surface area contributed by atoms with Gasteiger partial charge in [-0.1, -0.05) is 13.8 Å². The van der Waals surface area contributed by atoms with Crippen molar-refractivity contribution in [3.8, 4) is 0 Å². The molecule has 1 heterocycles. The van der Waals surface area contributed by atoms with Gasteiger partial charge in [0.1, 0.15) is 5.41 Å². The number of rotatable bonds is 4. The van der Waals surface area contributed by atoms with E-state index in [1.807, 2.05) is 6.92 Å². The van der Waals surface area contributed by atoms with Gasteiger partial charge in [0.05, 0.1) is 0 Å². The van der Waals surface area contributed by atoms with Crippen molar-refractivity contribution in [1.82, 2.24) is 10.6 Å². The fourth-order valence-electron chi connectivity index (χ4n) is 1.41. The van der Waals surface area contributed by atoms with Crippen molar-refractivity contribution in [1.29, 1.82) is 0 Å². The number of carbonyl (C=O) groups is 3. The fourth-order valence-corrected chi connectivity index (χ4v) is 2.43. The molecule has 0 radical (unpaired) electrons. The smallest absolute Gasteiger partial charge is 0.277 e. The third-order valence-corrected chi connectivity index (χ3v) is 3.58. The van der Waals surface area contributed by atoms with E-state index in [-0.39, 0.29) is 0 Å². The standard InChI is InChI=1S/C9H14N2O3S/c1-3-9(5-15-4-2)6(12)10-8(14)11-7(9)13/h3-5H2,1-2H3,(H2,10,11,12,13,14). The van der Waals surface area contributed by atoms with Gasteiger partial charge in [0.25, 0.3) is 0 Å². The summed E-state index contributed by atoms with van der Waals surface area (Å²) in [5.41, 5.74) is -1.09. The Hall–Kier alpha value is -1.04. The van der Waals surface area contributed by atoms with Crippen LogP contribution in [0.15, 0.2) is 0 Å². The number of carbonyl (C=O) groups excluding carboxylic acids is 3. The van der Waals surface area contributed by atoms with Crippen molar-refractivity contribution in [2.75, 3.05) is 11.5 Å². The first kappa shape index (κ1) is 12.0. The molecule has 1 aliphatic heterocycles.